The number of rotatable bonds is 17. The topological polar surface area (TPSA) is 95.8 Å². The lowest BCUT2D eigenvalue weighted by Gasteiger charge is -2.60. The van der Waals surface area contributed by atoms with Crippen LogP contribution >= 0.6 is 11.6 Å². The van der Waals surface area contributed by atoms with Crippen molar-refractivity contribution < 1.29 is 38.6 Å². The maximum Gasteiger partial charge on any atom is 0.225 e. The summed E-state index contributed by atoms with van der Waals surface area (Å²) in [5.74, 6) is -0.958. The summed E-state index contributed by atoms with van der Waals surface area (Å²) in [5, 5.41) is 24.2. The number of hydrogen-bond donors (Lipinski definition) is 2. The molecule has 0 spiro atoms. The highest BCUT2D eigenvalue weighted by Gasteiger charge is 2.68. The van der Waals surface area contributed by atoms with Gasteiger partial charge in [-0.3, -0.25) is 0 Å². The molecule has 5 aromatic carbocycles. The largest absolute Gasteiger partial charge is 0.494 e. The van der Waals surface area contributed by atoms with Crippen LogP contribution in [0.15, 0.2) is 133 Å². The molecule has 0 amide bonds. The summed E-state index contributed by atoms with van der Waals surface area (Å²) in [6, 6.07) is 42.8. The third-order valence-corrected chi connectivity index (χ3v) is 10.6. The fourth-order valence-electron chi connectivity index (χ4n) is 7.23. The Balaban J connectivity index is 1.50. The molecule has 55 heavy (non-hydrogen) atoms. The Morgan fingerprint density at radius 1 is 0.691 bits per heavy atom. The molecular weight excluding hydrogens is 716 g/mol. The molecule has 2 N–H and O–H groups in total. The summed E-state index contributed by atoms with van der Waals surface area (Å²) in [6.07, 6.45) is -2.50. The number of methoxy groups -OCH3 is 1. The molecule has 1 fully saturated rings. The zero-order chi connectivity index (χ0) is 38.9. The van der Waals surface area contributed by atoms with Crippen LogP contribution in [0.4, 0.5) is 0 Å². The van der Waals surface area contributed by atoms with Crippen molar-refractivity contribution in [2.75, 3.05) is 20.3 Å². The molecule has 6 rings (SSSR count). The predicted molar refractivity (Wildman–Crippen MR) is 213 cm³/mol. The summed E-state index contributed by atoms with van der Waals surface area (Å²) >= 11 is 6.89. The van der Waals surface area contributed by atoms with E-state index in [2.05, 4.69) is 0 Å². The molecule has 1 aliphatic rings. The molecule has 0 unspecified atom stereocenters. The number of aliphatic hydroxyl groups excluding tert-OH is 1. The van der Waals surface area contributed by atoms with Gasteiger partial charge in [0, 0.05) is 17.7 Å². The van der Waals surface area contributed by atoms with Gasteiger partial charge >= 0.3 is 0 Å². The lowest BCUT2D eigenvalue weighted by atomic mass is 9.73. The van der Waals surface area contributed by atoms with Gasteiger partial charge in [0.05, 0.1) is 38.6 Å². The number of aliphatic hydroxyl groups is 2. The fraction of sp³-hybridized carbons (Fsp3) is 0.348. The number of ether oxygens (including phenoxy) is 6. The highest BCUT2D eigenvalue weighted by molar-refractivity contribution is 6.31. The van der Waals surface area contributed by atoms with E-state index in [1.165, 1.54) is 7.11 Å². The predicted octanol–water partition coefficient (Wildman–Crippen LogP) is 8.42. The Labute approximate surface area is 329 Å². The maximum atomic E-state index is 12.1. The molecule has 8 nitrogen and oxygen atoms in total. The van der Waals surface area contributed by atoms with Crippen molar-refractivity contribution >= 4 is 11.6 Å². The van der Waals surface area contributed by atoms with Gasteiger partial charge in [0.15, 0.2) is 5.60 Å². The van der Waals surface area contributed by atoms with Gasteiger partial charge in [-0.15, -0.1) is 0 Å². The quantitative estimate of drug-likeness (QED) is 0.0975. The maximum absolute atomic E-state index is 12.1. The lowest BCUT2D eigenvalue weighted by Crippen LogP contribution is -2.77. The van der Waals surface area contributed by atoms with Crippen molar-refractivity contribution in [3.63, 3.8) is 0 Å². The SMILES string of the molecule is CCOc1ccc(Cc2cc([C@]3(OC)O[C@@](CO)(C(C)(C)O)[C@@H](OCc4ccccc4)[C@H](OCc4ccccc4)[C@H]3OCc3ccccc3)ccc2Cl)cc1. The third kappa shape index (κ3) is 9.15. The summed E-state index contributed by atoms with van der Waals surface area (Å²) in [6.45, 7) is 5.60. The molecule has 1 heterocycles. The second-order valence-electron chi connectivity index (χ2n) is 14.3. The van der Waals surface area contributed by atoms with Crippen LogP contribution in [0, 0.1) is 0 Å². The Bertz CT molecular complexity index is 1920. The van der Waals surface area contributed by atoms with Crippen LogP contribution in [0.5, 0.6) is 5.75 Å². The minimum atomic E-state index is -1.79. The first kappa shape index (κ1) is 40.6. The third-order valence-electron chi connectivity index (χ3n) is 10.2. The van der Waals surface area contributed by atoms with Crippen LogP contribution < -0.4 is 4.74 Å². The first-order chi connectivity index (χ1) is 26.6. The first-order valence-electron chi connectivity index (χ1n) is 18.7. The number of hydrogen-bond acceptors (Lipinski definition) is 8. The van der Waals surface area contributed by atoms with E-state index in [1.54, 1.807) is 13.8 Å². The normalized spacial score (nSPS) is 22.7. The number of halogens is 1. The van der Waals surface area contributed by atoms with Gasteiger partial charge < -0.3 is 38.6 Å². The first-order valence-corrected chi connectivity index (χ1v) is 19.1. The van der Waals surface area contributed by atoms with Crippen LogP contribution in [-0.4, -0.2) is 60.1 Å². The average molecular weight is 767 g/mol. The van der Waals surface area contributed by atoms with Crippen LogP contribution in [0.25, 0.3) is 0 Å². The molecule has 1 aliphatic heterocycles. The van der Waals surface area contributed by atoms with E-state index in [-0.39, 0.29) is 19.8 Å². The van der Waals surface area contributed by atoms with E-state index in [0.29, 0.717) is 23.6 Å². The van der Waals surface area contributed by atoms with Crippen molar-refractivity contribution in [1.82, 2.24) is 0 Å². The van der Waals surface area contributed by atoms with Crippen LogP contribution in [0.3, 0.4) is 0 Å². The molecule has 9 heteroatoms. The van der Waals surface area contributed by atoms with Gasteiger partial charge in [-0.1, -0.05) is 121 Å². The van der Waals surface area contributed by atoms with Gasteiger partial charge in [0.25, 0.3) is 0 Å². The second kappa shape index (κ2) is 18.2. The smallest absolute Gasteiger partial charge is 0.225 e. The highest BCUT2D eigenvalue weighted by Crippen LogP contribution is 2.51. The molecule has 5 aromatic rings. The second-order valence-corrected chi connectivity index (χ2v) is 14.7. The molecule has 1 saturated heterocycles. The highest BCUT2D eigenvalue weighted by atomic mass is 35.5. The van der Waals surface area contributed by atoms with Crippen molar-refractivity contribution in [2.45, 2.75) is 82.3 Å². The Morgan fingerprint density at radius 2 is 1.22 bits per heavy atom. The molecule has 290 valence electrons. The summed E-state index contributed by atoms with van der Waals surface area (Å²) in [4.78, 5) is 0. The van der Waals surface area contributed by atoms with Gasteiger partial charge in [0.2, 0.25) is 5.79 Å². The lowest BCUT2D eigenvalue weighted by molar-refractivity contribution is -0.434. The van der Waals surface area contributed by atoms with Crippen LogP contribution in [-0.2, 0) is 55.7 Å². The van der Waals surface area contributed by atoms with Crippen molar-refractivity contribution in [1.29, 1.82) is 0 Å². The molecule has 0 radical (unpaired) electrons. The zero-order valence-electron chi connectivity index (χ0n) is 31.9. The van der Waals surface area contributed by atoms with E-state index in [4.69, 9.17) is 40.0 Å². The fourth-order valence-corrected chi connectivity index (χ4v) is 7.41. The number of benzene rings is 5. The Hall–Kier alpha value is -4.09. The monoisotopic (exact) mass is 766 g/mol. The van der Waals surface area contributed by atoms with Crippen molar-refractivity contribution in [3.8, 4) is 5.75 Å². The van der Waals surface area contributed by atoms with E-state index in [9.17, 15) is 10.2 Å². The van der Waals surface area contributed by atoms with E-state index in [1.807, 2.05) is 140 Å². The van der Waals surface area contributed by atoms with Gasteiger partial charge in [-0.25, -0.2) is 0 Å². The molecule has 0 aliphatic carbocycles. The average Bonchev–Trinajstić information content (AvgIpc) is 3.20. The zero-order valence-corrected chi connectivity index (χ0v) is 32.7. The standard InChI is InChI=1S/C46H51ClO8/c1-5-51-39-24-21-33(22-25-39)27-37-28-38(23-26-40(37)47)46(50-4)43(54-31-36-19-13-8-14-20-36)41(52-29-34-15-9-6-10-16-34)42(45(32-48,55-46)44(2,3)49)53-30-35-17-11-7-12-18-35/h6-26,28,41-43,48-49H,5,27,29-32H2,1-4H3/t41-,42-,43+,45+,46-/m0/s1. The minimum absolute atomic E-state index is 0.149. The summed E-state index contributed by atoms with van der Waals surface area (Å²) in [7, 11) is 1.53. The summed E-state index contributed by atoms with van der Waals surface area (Å²) < 4.78 is 40.0. The van der Waals surface area contributed by atoms with E-state index < -0.39 is 41.9 Å². The molecule has 0 saturated carbocycles. The Morgan fingerprint density at radius 3 is 1.71 bits per heavy atom. The molecule has 5 atom stereocenters. The van der Waals surface area contributed by atoms with Gasteiger partial charge in [0.1, 0.15) is 24.1 Å². The van der Waals surface area contributed by atoms with Crippen molar-refractivity contribution in [2.24, 2.45) is 0 Å². The molecule has 0 aromatic heterocycles. The molecular formula is C46H51ClO8. The minimum Gasteiger partial charge on any atom is -0.494 e. The van der Waals surface area contributed by atoms with E-state index in [0.717, 1.165) is 33.6 Å². The molecule has 0 bridgehead atoms. The summed E-state index contributed by atoms with van der Waals surface area (Å²) in [5.41, 5.74) is 1.66. The van der Waals surface area contributed by atoms with Crippen LogP contribution in [0.2, 0.25) is 5.02 Å². The Kier molecular flexibility index (Phi) is 13.5. The van der Waals surface area contributed by atoms with E-state index >= 15 is 0 Å². The van der Waals surface area contributed by atoms with Crippen molar-refractivity contribution in [3.05, 3.63) is 172 Å². The van der Waals surface area contributed by atoms with Gasteiger partial charge in [-0.2, -0.15) is 0 Å². The van der Waals surface area contributed by atoms with Gasteiger partial charge in [-0.05, 0) is 79.3 Å². The van der Waals surface area contributed by atoms with Crippen LogP contribution in [0.1, 0.15) is 54.2 Å².